The van der Waals surface area contributed by atoms with Gasteiger partial charge in [-0.1, -0.05) is 18.6 Å². The number of benzene rings is 1. The molecule has 20 heavy (non-hydrogen) atoms. The minimum absolute atomic E-state index is 0.147. The molecule has 3 heteroatoms. The standard InChI is InChI=1S/C17H27FN2/c1-14(13-15-6-8-16(18)9-7-15)20-12-4-3-5-17(20)10-11-19-2/h6-9,14,17,19H,3-5,10-13H2,1-2H3. The van der Waals surface area contributed by atoms with Crippen LogP contribution < -0.4 is 5.32 Å². The Hall–Kier alpha value is -0.930. The third kappa shape index (κ3) is 4.29. The lowest BCUT2D eigenvalue weighted by atomic mass is 9.95. The minimum atomic E-state index is -0.147. The van der Waals surface area contributed by atoms with E-state index in [1.165, 1.54) is 37.8 Å². The molecule has 1 N–H and O–H groups in total. The largest absolute Gasteiger partial charge is 0.320 e. The Kier molecular flexibility index (Phi) is 5.99. The highest BCUT2D eigenvalue weighted by molar-refractivity contribution is 5.17. The van der Waals surface area contributed by atoms with Crippen molar-refractivity contribution in [2.75, 3.05) is 20.1 Å². The van der Waals surface area contributed by atoms with E-state index in [1.54, 1.807) is 12.1 Å². The minimum Gasteiger partial charge on any atom is -0.320 e. The highest BCUT2D eigenvalue weighted by atomic mass is 19.1. The van der Waals surface area contributed by atoms with Gasteiger partial charge in [0, 0.05) is 12.1 Å². The molecule has 1 aromatic carbocycles. The first-order chi connectivity index (χ1) is 9.70. The first kappa shape index (κ1) is 15.5. The number of hydrogen-bond acceptors (Lipinski definition) is 2. The van der Waals surface area contributed by atoms with E-state index in [-0.39, 0.29) is 5.82 Å². The van der Waals surface area contributed by atoms with Crippen LogP contribution in [0.3, 0.4) is 0 Å². The Morgan fingerprint density at radius 3 is 2.75 bits per heavy atom. The van der Waals surface area contributed by atoms with Crippen LogP contribution in [-0.2, 0) is 6.42 Å². The Morgan fingerprint density at radius 2 is 2.05 bits per heavy atom. The van der Waals surface area contributed by atoms with Gasteiger partial charge in [0.2, 0.25) is 0 Å². The summed E-state index contributed by atoms with van der Waals surface area (Å²) in [5.74, 6) is -0.147. The fraction of sp³-hybridized carbons (Fsp3) is 0.647. The number of hydrogen-bond donors (Lipinski definition) is 1. The van der Waals surface area contributed by atoms with E-state index in [0.29, 0.717) is 12.1 Å². The topological polar surface area (TPSA) is 15.3 Å². The zero-order chi connectivity index (χ0) is 14.4. The van der Waals surface area contributed by atoms with Crippen molar-refractivity contribution in [3.8, 4) is 0 Å². The molecule has 0 bridgehead atoms. The summed E-state index contributed by atoms with van der Waals surface area (Å²) < 4.78 is 13.0. The van der Waals surface area contributed by atoms with Crippen LogP contribution >= 0.6 is 0 Å². The maximum atomic E-state index is 13.0. The molecule has 0 amide bonds. The Labute approximate surface area is 122 Å². The Morgan fingerprint density at radius 1 is 1.30 bits per heavy atom. The lowest BCUT2D eigenvalue weighted by Crippen LogP contribution is -2.46. The van der Waals surface area contributed by atoms with Gasteiger partial charge in [-0.25, -0.2) is 4.39 Å². The number of likely N-dealkylation sites (tertiary alicyclic amines) is 1. The number of piperidine rings is 1. The molecule has 1 saturated heterocycles. The van der Waals surface area contributed by atoms with Crippen LogP contribution in [0.15, 0.2) is 24.3 Å². The molecule has 0 aliphatic carbocycles. The van der Waals surface area contributed by atoms with Crippen molar-refractivity contribution in [2.45, 2.75) is 51.1 Å². The van der Waals surface area contributed by atoms with Crippen LogP contribution in [0.4, 0.5) is 4.39 Å². The van der Waals surface area contributed by atoms with Crippen LogP contribution in [0.2, 0.25) is 0 Å². The summed E-state index contributed by atoms with van der Waals surface area (Å²) in [7, 11) is 2.02. The van der Waals surface area contributed by atoms with Gasteiger partial charge < -0.3 is 5.32 Å². The molecule has 0 aromatic heterocycles. The lowest BCUT2D eigenvalue weighted by Gasteiger charge is -2.40. The van der Waals surface area contributed by atoms with E-state index in [0.717, 1.165) is 13.0 Å². The van der Waals surface area contributed by atoms with Crippen LogP contribution in [0, 0.1) is 5.82 Å². The summed E-state index contributed by atoms with van der Waals surface area (Å²) in [4.78, 5) is 2.66. The van der Waals surface area contributed by atoms with Gasteiger partial charge in [0.25, 0.3) is 0 Å². The third-order valence-corrected chi connectivity index (χ3v) is 4.41. The van der Waals surface area contributed by atoms with Gasteiger partial charge >= 0.3 is 0 Å². The second-order valence-electron chi connectivity index (χ2n) is 5.96. The molecule has 1 aromatic rings. The average Bonchev–Trinajstić information content (AvgIpc) is 2.47. The summed E-state index contributed by atoms with van der Waals surface area (Å²) in [6, 6.07) is 8.19. The molecular weight excluding hydrogens is 251 g/mol. The molecule has 1 aliphatic rings. The van der Waals surface area contributed by atoms with Crippen molar-refractivity contribution < 1.29 is 4.39 Å². The SMILES string of the molecule is CNCCC1CCCCN1C(C)Cc1ccc(F)cc1. The zero-order valence-electron chi connectivity index (χ0n) is 12.7. The molecule has 0 spiro atoms. The monoisotopic (exact) mass is 278 g/mol. The van der Waals surface area contributed by atoms with Crippen LogP contribution in [-0.4, -0.2) is 37.1 Å². The molecule has 112 valence electrons. The second kappa shape index (κ2) is 7.75. The van der Waals surface area contributed by atoms with Crippen molar-refractivity contribution in [2.24, 2.45) is 0 Å². The van der Waals surface area contributed by atoms with E-state index in [2.05, 4.69) is 17.1 Å². The normalized spacial score (nSPS) is 21.9. The van der Waals surface area contributed by atoms with E-state index in [4.69, 9.17) is 0 Å². The van der Waals surface area contributed by atoms with Gasteiger partial charge in [-0.15, -0.1) is 0 Å². The molecule has 0 radical (unpaired) electrons. The molecule has 1 fully saturated rings. The van der Waals surface area contributed by atoms with Crippen LogP contribution in [0.5, 0.6) is 0 Å². The van der Waals surface area contributed by atoms with Crippen molar-refractivity contribution in [1.29, 1.82) is 0 Å². The molecule has 1 heterocycles. The van der Waals surface area contributed by atoms with Gasteiger partial charge in [0.05, 0.1) is 0 Å². The second-order valence-corrected chi connectivity index (χ2v) is 5.96. The summed E-state index contributed by atoms with van der Waals surface area (Å²) in [5.41, 5.74) is 1.23. The van der Waals surface area contributed by atoms with Gasteiger partial charge in [-0.3, -0.25) is 4.90 Å². The molecule has 2 atom stereocenters. The van der Waals surface area contributed by atoms with E-state index < -0.39 is 0 Å². The number of nitrogens with one attached hydrogen (secondary N) is 1. The summed E-state index contributed by atoms with van der Waals surface area (Å²) >= 11 is 0. The smallest absolute Gasteiger partial charge is 0.123 e. The number of rotatable bonds is 6. The molecule has 1 aliphatic heterocycles. The summed E-state index contributed by atoms with van der Waals surface area (Å²) in [6.07, 6.45) is 6.22. The highest BCUT2D eigenvalue weighted by Crippen LogP contribution is 2.23. The first-order valence-electron chi connectivity index (χ1n) is 7.85. The predicted molar refractivity (Wildman–Crippen MR) is 82.5 cm³/mol. The Bertz CT molecular complexity index is 390. The number of nitrogens with zero attached hydrogens (tertiary/aromatic N) is 1. The van der Waals surface area contributed by atoms with Gasteiger partial charge in [0.15, 0.2) is 0 Å². The van der Waals surface area contributed by atoms with Gasteiger partial charge in [0.1, 0.15) is 5.82 Å². The summed E-state index contributed by atoms with van der Waals surface area (Å²) in [5, 5.41) is 3.26. The van der Waals surface area contributed by atoms with Crippen molar-refractivity contribution in [3.63, 3.8) is 0 Å². The van der Waals surface area contributed by atoms with E-state index in [1.807, 2.05) is 19.2 Å². The van der Waals surface area contributed by atoms with Crippen molar-refractivity contribution in [3.05, 3.63) is 35.6 Å². The predicted octanol–water partition coefficient (Wildman–Crippen LogP) is 3.22. The molecule has 2 unspecified atom stereocenters. The van der Waals surface area contributed by atoms with Crippen molar-refractivity contribution >= 4 is 0 Å². The molecule has 0 saturated carbocycles. The third-order valence-electron chi connectivity index (χ3n) is 4.41. The molecule has 2 rings (SSSR count). The maximum Gasteiger partial charge on any atom is 0.123 e. The summed E-state index contributed by atoms with van der Waals surface area (Å²) in [6.45, 7) is 4.60. The fourth-order valence-corrected chi connectivity index (χ4v) is 3.30. The zero-order valence-corrected chi connectivity index (χ0v) is 12.7. The molecular formula is C17H27FN2. The van der Waals surface area contributed by atoms with E-state index in [9.17, 15) is 4.39 Å². The Balaban J connectivity index is 1.94. The number of halogens is 1. The van der Waals surface area contributed by atoms with Crippen LogP contribution in [0.1, 0.15) is 38.2 Å². The van der Waals surface area contributed by atoms with Gasteiger partial charge in [-0.2, -0.15) is 0 Å². The molecule has 2 nitrogen and oxygen atoms in total. The fourth-order valence-electron chi connectivity index (χ4n) is 3.30. The first-order valence-corrected chi connectivity index (χ1v) is 7.85. The average molecular weight is 278 g/mol. The lowest BCUT2D eigenvalue weighted by molar-refractivity contribution is 0.0971. The maximum absolute atomic E-state index is 13.0. The quantitative estimate of drug-likeness (QED) is 0.859. The van der Waals surface area contributed by atoms with E-state index >= 15 is 0 Å². The highest BCUT2D eigenvalue weighted by Gasteiger charge is 2.25. The van der Waals surface area contributed by atoms with Crippen LogP contribution in [0.25, 0.3) is 0 Å². The van der Waals surface area contributed by atoms with Gasteiger partial charge in [-0.05, 0) is 70.4 Å². The van der Waals surface area contributed by atoms with Crippen molar-refractivity contribution in [1.82, 2.24) is 10.2 Å².